The van der Waals surface area contributed by atoms with E-state index in [1.54, 1.807) is 55.5 Å². The lowest BCUT2D eigenvalue weighted by molar-refractivity contribution is 0.0952. The van der Waals surface area contributed by atoms with Gasteiger partial charge in [-0.3, -0.25) is 4.79 Å². The zero-order valence-electron chi connectivity index (χ0n) is 11.8. The van der Waals surface area contributed by atoms with E-state index in [2.05, 4.69) is 10.5 Å². The third-order valence-corrected chi connectivity index (χ3v) is 2.96. The van der Waals surface area contributed by atoms with E-state index in [1.807, 2.05) is 0 Å². The third-order valence-electron chi connectivity index (χ3n) is 2.96. The number of benzene rings is 2. The van der Waals surface area contributed by atoms with Crippen molar-refractivity contribution in [3.05, 3.63) is 59.7 Å². The molecule has 0 saturated carbocycles. The highest BCUT2D eigenvalue weighted by Crippen LogP contribution is 2.17. The van der Waals surface area contributed by atoms with Gasteiger partial charge in [0.05, 0.1) is 18.4 Å². The smallest absolute Gasteiger partial charge is 0.275 e. The number of hydrazone groups is 1. The third kappa shape index (κ3) is 3.60. The molecule has 0 bridgehead atoms. The molecule has 0 heterocycles. The van der Waals surface area contributed by atoms with Gasteiger partial charge in [0.25, 0.3) is 5.91 Å². The van der Waals surface area contributed by atoms with Gasteiger partial charge < -0.3 is 9.84 Å². The Morgan fingerprint density at radius 3 is 2.48 bits per heavy atom. The van der Waals surface area contributed by atoms with Gasteiger partial charge in [-0.1, -0.05) is 12.1 Å². The van der Waals surface area contributed by atoms with E-state index in [4.69, 9.17) is 4.74 Å². The molecule has 108 valence electrons. The van der Waals surface area contributed by atoms with Crippen LogP contribution in [0.5, 0.6) is 11.5 Å². The molecule has 0 spiro atoms. The molecular formula is C16H16N2O3. The van der Waals surface area contributed by atoms with Crippen LogP contribution in [0.25, 0.3) is 0 Å². The molecular weight excluding hydrogens is 268 g/mol. The number of nitrogens with one attached hydrogen (secondary N) is 1. The van der Waals surface area contributed by atoms with Gasteiger partial charge in [-0.15, -0.1) is 0 Å². The van der Waals surface area contributed by atoms with Crippen LogP contribution in [0.3, 0.4) is 0 Å². The monoisotopic (exact) mass is 284 g/mol. The van der Waals surface area contributed by atoms with Gasteiger partial charge in [-0.05, 0) is 48.9 Å². The number of carbonyl (C=O) groups is 1. The standard InChI is InChI=1S/C16H16N2O3/c1-11(12-7-9-13(19)10-8-12)17-18-16(20)14-5-3-4-6-15(14)21-2/h3-10,19H,1-2H3,(H,18,20). The van der Waals surface area contributed by atoms with Crippen molar-refractivity contribution in [1.82, 2.24) is 5.43 Å². The van der Waals surface area contributed by atoms with E-state index in [0.717, 1.165) is 5.56 Å². The highest BCUT2D eigenvalue weighted by molar-refractivity contribution is 6.01. The number of phenolic OH excluding ortho intramolecular Hbond substituents is 1. The summed E-state index contributed by atoms with van der Waals surface area (Å²) < 4.78 is 5.13. The van der Waals surface area contributed by atoms with Crippen LogP contribution in [-0.4, -0.2) is 23.8 Å². The summed E-state index contributed by atoms with van der Waals surface area (Å²) in [6.07, 6.45) is 0. The summed E-state index contributed by atoms with van der Waals surface area (Å²) in [6, 6.07) is 13.5. The SMILES string of the molecule is COc1ccccc1C(=O)NN=C(C)c1ccc(O)cc1. The summed E-state index contributed by atoms with van der Waals surface area (Å²) in [4.78, 5) is 12.1. The fourth-order valence-electron chi connectivity index (χ4n) is 1.79. The van der Waals surface area contributed by atoms with Gasteiger partial charge in [0, 0.05) is 0 Å². The second-order valence-electron chi connectivity index (χ2n) is 4.39. The van der Waals surface area contributed by atoms with Gasteiger partial charge in [-0.25, -0.2) is 5.43 Å². The van der Waals surface area contributed by atoms with Crippen molar-refractivity contribution in [2.75, 3.05) is 7.11 Å². The van der Waals surface area contributed by atoms with Crippen LogP contribution in [0, 0.1) is 0 Å². The molecule has 0 aliphatic heterocycles. The van der Waals surface area contributed by atoms with Crippen molar-refractivity contribution in [2.45, 2.75) is 6.92 Å². The Kier molecular flexibility index (Phi) is 4.56. The predicted octanol–water partition coefficient (Wildman–Crippen LogP) is 2.55. The van der Waals surface area contributed by atoms with Gasteiger partial charge in [-0.2, -0.15) is 5.10 Å². The number of hydrogen-bond donors (Lipinski definition) is 2. The predicted molar refractivity (Wildman–Crippen MR) is 80.8 cm³/mol. The quantitative estimate of drug-likeness (QED) is 0.669. The Balaban J connectivity index is 2.12. The molecule has 2 aromatic rings. The van der Waals surface area contributed by atoms with E-state index in [0.29, 0.717) is 17.0 Å². The Hall–Kier alpha value is -2.82. The average molecular weight is 284 g/mol. The molecule has 5 nitrogen and oxygen atoms in total. The number of amides is 1. The van der Waals surface area contributed by atoms with Crippen molar-refractivity contribution >= 4 is 11.6 Å². The molecule has 5 heteroatoms. The van der Waals surface area contributed by atoms with Crippen LogP contribution in [0.15, 0.2) is 53.6 Å². The van der Waals surface area contributed by atoms with Gasteiger partial charge in [0.1, 0.15) is 11.5 Å². The number of methoxy groups -OCH3 is 1. The fourth-order valence-corrected chi connectivity index (χ4v) is 1.79. The maximum atomic E-state index is 12.1. The molecule has 0 fully saturated rings. The van der Waals surface area contributed by atoms with Gasteiger partial charge >= 0.3 is 0 Å². The minimum Gasteiger partial charge on any atom is -0.508 e. The fraction of sp³-hybridized carbons (Fsp3) is 0.125. The summed E-state index contributed by atoms with van der Waals surface area (Å²) in [5.41, 5.74) is 4.36. The first-order chi connectivity index (χ1) is 10.1. The molecule has 0 atom stereocenters. The topological polar surface area (TPSA) is 70.9 Å². The van der Waals surface area contributed by atoms with Gasteiger partial charge in [0.15, 0.2) is 0 Å². The second kappa shape index (κ2) is 6.56. The molecule has 0 aromatic heterocycles. The molecule has 0 aliphatic rings. The maximum Gasteiger partial charge on any atom is 0.275 e. The minimum absolute atomic E-state index is 0.185. The minimum atomic E-state index is -0.342. The van der Waals surface area contributed by atoms with Crippen molar-refractivity contribution in [3.8, 4) is 11.5 Å². The van der Waals surface area contributed by atoms with Crippen LogP contribution in [0.4, 0.5) is 0 Å². The summed E-state index contributed by atoms with van der Waals surface area (Å²) in [5.74, 6) is 0.336. The average Bonchev–Trinajstić information content (AvgIpc) is 2.52. The number of rotatable bonds is 4. The number of aromatic hydroxyl groups is 1. The summed E-state index contributed by atoms with van der Waals surface area (Å²) in [7, 11) is 1.51. The summed E-state index contributed by atoms with van der Waals surface area (Å²) in [6.45, 7) is 1.77. The highest BCUT2D eigenvalue weighted by Gasteiger charge is 2.10. The van der Waals surface area contributed by atoms with Crippen LogP contribution in [0.2, 0.25) is 0 Å². The zero-order chi connectivity index (χ0) is 15.2. The first-order valence-electron chi connectivity index (χ1n) is 6.39. The molecule has 2 aromatic carbocycles. The molecule has 0 aliphatic carbocycles. The van der Waals surface area contributed by atoms with Gasteiger partial charge in [0.2, 0.25) is 0 Å². The van der Waals surface area contributed by atoms with Crippen LogP contribution >= 0.6 is 0 Å². The normalized spacial score (nSPS) is 11.0. The lowest BCUT2D eigenvalue weighted by Crippen LogP contribution is -2.20. The number of nitrogens with zero attached hydrogens (tertiary/aromatic N) is 1. The number of hydrogen-bond acceptors (Lipinski definition) is 4. The lowest BCUT2D eigenvalue weighted by Gasteiger charge is -2.07. The Morgan fingerprint density at radius 2 is 1.81 bits per heavy atom. The Morgan fingerprint density at radius 1 is 1.14 bits per heavy atom. The molecule has 0 unspecified atom stereocenters. The molecule has 2 N–H and O–H groups in total. The number of phenols is 1. The van der Waals surface area contributed by atoms with Crippen molar-refractivity contribution in [2.24, 2.45) is 5.10 Å². The Bertz CT molecular complexity index is 663. The van der Waals surface area contributed by atoms with E-state index >= 15 is 0 Å². The van der Waals surface area contributed by atoms with Crippen molar-refractivity contribution < 1.29 is 14.6 Å². The molecule has 21 heavy (non-hydrogen) atoms. The number of ether oxygens (including phenoxy) is 1. The first kappa shape index (κ1) is 14.6. The molecule has 1 amide bonds. The maximum absolute atomic E-state index is 12.1. The Labute approximate surface area is 122 Å². The lowest BCUT2D eigenvalue weighted by atomic mass is 10.1. The van der Waals surface area contributed by atoms with E-state index in [1.165, 1.54) is 7.11 Å². The summed E-state index contributed by atoms with van der Waals surface area (Å²) in [5, 5.41) is 13.3. The van der Waals surface area contributed by atoms with Crippen LogP contribution < -0.4 is 10.2 Å². The number of para-hydroxylation sites is 1. The second-order valence-corrected chi connectivity index (χ2v) is 4.39. The largest absolute Gasteiger partial charge is 0.508 e. The van der Waals surface area contributed by atoms with Crippen LogP contribution in [-0.2, 0) is 0 Å². The van der Waals surface area contributed by atoms with Crippen LogP contribution in [0.1, 0.15) is 22.8 Å². The van der Waals surface area contributed by atoms with E-state index in [9.17, 15) is 9.90 Å². The first-order valence-corrected chi connectivity index (χ1v) is 6.39. The van der Waals surface area contributed by atoms with Crippen molar-refractivity contribution in [3.63, 3.8) is 0 Å². The molecule has 0 radical (unpaired) electrons. The van der Waals surface area contributed by atoms with E-state index in [-0.39, 0.29) is 11.7 Å². The summed E-state index contributed by atoms with van der Waals surface area (Å²) >= 11 is 0. The zero-order valence-corrected chi connectivity index (χ0v) is 11.8. The van der Waals surface area contributed by atoms with E-state index < -0.39 is 0 Å². The molecule has 0 saturated heterocycles. The molecule has 2 rings (SSSR count). The van der Waals surface area contributed by atoms with Crippen molar-refractivity contribution in [1.29, 1.82) is 0 Å². The number of carbonyl (C=O) groups excluding carboxylic acids is 1. The highest BCUT2D eigenvalue weighted by atomic mass is 16.5.